The predicted molar refractivity (Wildman–Crippen MR) is 153 cm³/mol. The summed E-state index contributed by atoms with van der Waals surface area (Å²) in [6.45, 7) is 7.34. The van der Waals surface area contributed by atoms with Crippen molar-refractivity contribution in [2.45, 2.75) is 4.90 Å². The van der Waals surface area contributed by atoms with Gasteiger partial charge < -0.3 is 0 Å². The van der Waals surface area contributed by atoms with Crippen LogP contribution in [0.2, 0.25) is 0 Å². The molecular weight excluding hydrogens is 557 g/mol. The van der Waals surface area contributed by atoms with Gasteiger partial charge >= 0.3 is 0 Å². The zero-order chi connectivity index (χ0) is 28.9. The van der Waals surface area contributed by atoms with Crippen LogP contribution >= 0.6 is 11.3 Å². The molecule has 4 rings (SSSR count). The molecule has 0 N–H and O–H groups in total. The summed E-state index contributed by atoms with van der Waals surface area (Å²) in [6.07, 6.45) is 4.25. The molecule has 10 nitrogen and oxygen atoms in total. The molecule has 204 valence electrons. The van der Waals surface area contributed by atoms with E-state index in [0.717, 1.165) is 16.3 Å². The van der Waals surface area contributed by atoms with Gasteiger partial charge in [0.1, 0.15) is 5.82 Å². The molecule has 40 heavy (non-hydrogen) atoms. The lowest BCUT2D eigenvalue weighted by Crippen LogP contribution is -2.31. The molecule has 1 heterocycles. The van der Waals surface area contributed by atoms with Crippen LogP contribution in [0.5, 0.6) is 0 Å². The Kier molecular flexibility index (Phi) is 8.58. The Labute approximate surface area is 233 Å². The van der Waals surface area contributed by atoms with Crippen molar-refractivity contribution in [3.05, 3.63) is 119 Å². The molecule has 0 aliphatic heterocycles. The maximum atomic E-state index is 13.8. The number of anilines is 1. The molecule has 0 saturated heterocycles. The minimum Gasteiger partial charge on any atom is -0.267 e. The van der Waals surface area contributed by atoms with Crippen molar-refractivity contribution >= 4 is 54.5 Å². The number of hydrogen-bond acceptors (Lipinski definition) is 8. The Bertz CT molecular complexity index is 1710. The average molecular weight is 580 g/mol. The zero-order valence-electron chi connectivity index (χ0n) is 20.9. The minimum absolute atomic E-state index is 0.0239. The molecular formula is C27H22FN5O5S2. The van der Waals surface area contributed by atoms with Gasteiger partial charge in [0.15, 0.2) is 0 Å². The van der Waals surface area contributed by atoms with Gasteiger partial charge in [0.2, 0.25) is 15.2 Å². The van der Waals surface area contributed by atoms with Crippen molar-refractivity contribution in [3.63, 3.8) is 0 Å². The van der Waals surface area contributed by atoms with E-state index in [-0.39, 0.29) is 34.4 Å². The number of nitrogens with zero attached hydrogens (tertiary/aromatic N) is 5. The minimum atomic E-state index is -3.88. The Morgan fingerprint density at radius 3 is 2.30 bits per heavy atom. The molecule has 0 fully saturated rings. The topological polar surface area (TPSA) is 126 Å². The highest BCUT2D eigenvalue weighted by atomic mass is 32.2. The second-order valence-corrected chi connectivity index (χ2v) is 11.2. The number of carbonyl (C=O) groups is 1. The Hall–Kier alpha value is -4.59. The highest BCUT2D eigenvalue weighted by molar-refractivity contribution is 7.89. The van der Waals surface area contributed by atoms with Crippen molar-refractivity contribution in [2.75, 3.05) is 18.1 Å². The normalized spacial score (nSPS) is 11.7. The number of non-ortho nitro benzene ring substituents is 1. The fraction of sp³-hybridized carbons (Fsp3) is 0.0741. The van der Waals surface area contributed by atoms with Crippen LogP contribution in [-0.4, -0.2) is 47.8 Å². The summed E-state index contributed by atoms with van der Waals surface area (Å²) < 4.78 is 41.5. The lowest BCUT2D eigenvalue weighted by Gasteiger charge is -2.19. The lowest BCUT2D eigenvalue weighted by molar-refractivity contribution is -0.384. The largest absolute Gasteiger partial charge is 0.280 e. The molecule has 0 radical (unpaired) electrons. The van der Waals surface area contributed by atoms with E-state index < -0.39 is 26.7 Å². The summed E-state index contributed by atoms with van der Waals surface area (Å²) in [6, 6.07) is 14.9. The summed E-state index contributed by atoms with van der Waals surface area (Å²) in [5, 5.41) is 16.4. The lowest BCUT2D eigenvalue weighted by atomic mass is 10.2. The van der Waals surface area contributed by atoms with Crippen molar-refractivity contribution in [1.82, 2.24) is 9.29 Å². The molecule has 0 unspecified atom stereocenters. The molecule has 13 heteroatoms. The van der Waals surface area contributed by atoms with Gasteiger partial charge in [0.25, 0.3) is 11.6 Å². The van der Waals surface area contributed by atoms with Crippen LogP contribution in [0, 0.1) is 15.9 Å². The highest BCUT2D eigenvalue weighted by Gasteiger charge is 2.25. The number of amides is 1. The predicted octanol–water partition coefficient (Wildman–Crippen LogP) is 5.39. The van der Waals surface area contributed by atoms with E-state index in [1.165, 1.54) is 89.4 Å². The third-order valence-electron chi connectivity index (χ3n) is 5.54. The summed E-state index contributed by atoms with van der Waals surface area (Å²) in [7, 11) is -3.88. The number of halogens is 1. The van der Waals surface area contributed by atoms with Crippen LogP contribution in [0.1, 0.15) is 15.9 Å². The first-order valence-electron chi connectivity index (χ1n) is 11.6. The van der Waals surface area contributed by atoms with E-state index in [9.17, 15) is 27.7 Å². The number of thiazole rings is 1. The molecule has 0 atom stereocenters. The molecule has 0 aliphatic carbocycles. The van der Waals surface area contributed by atoms with Crippen LogP contribution in [0.15, 0.2) is 102 Å². The number of hydrazone groups is 1. The smallest absolute Gasteiger partial charge is 0.267 e. The van der Waals surface area contributed by atoms with Crippen molar-refractivity contribution in [1.29, 1.82) is 0 Å². The zero-order valence-corrected chi connectivity index (χ0v) is 22.5. The maximum Gasteiger partial charge on any atom is 0.280 e. The third-order valence-corrected chi connectivity index (χ3v) is 8.38. The Morgan fingerprint density at radius 1 is 1.05 bits per heavy atom. The van der Waals surface area contributed by atoms with E-state index in [2.05, 4.69) is 23.2 Å². The van der Waals surface area contributed by atoms with E-state index in [0.29, 0.717) is 15.8 Å². The molecule has 1 amide bonds. The number of benzene rings is 3. The average Bonchev–Trinajstić information content (AvgIpc) is 3.36. The Morgan fingerprint density at radius 2 is 1.70 bits per heavy atom. The highest BCUT2D eigenvalue weighted by Crippen LogP contribution is 2.31. The summed E-state index contributed by atoms with van der Waals surface area (Å²) in [4.78, 5) is 28.4. The fourth-order valence-corrected chi connectivity index (χ4v) is 5.90. The van der Waals surface area contributed by atoms with E-state index in [4.69, 9.17) is 0 Å². The van der Waals surface area contributed by atoms with E-state index in [1.807, 2.05) is 0 Å². The number of aromatic nitrogens is 1. The van der Waals surface area contributed by atoms with Crippen LogP contribution in [0.25, 0.3) is 10.2 Å². The number of nitro benzene ring substituents is 1. The van der Waals surface area contributed by atoms with E-state index in [1.54, 1.807) is 0 Å². The van der Waals surface area contributed by atoms with Gasteiger partial charge in [-0.15, -0.1) is 13.2 Å². The molecule has 0 saturated carbocycles. The van der Waals surface area contributed by atoms with Gasteiger partial charge in [-0.3, -0.25) is 14.9 Å². The number of carbonyl (C=O) groups excluding carboxylic acids is 1. The number of hydrogen-bond donors (Lipinski definition) is 0. The molecule has 0 aliphatic rings. The van der Waals surface area contributed by atoms with Crippen molar-refractivity contribution in [2.24, 2.45) is 5.10 Å². The third kappa shape index (κ3) is 6.17. The molecule has 0 bridgehead atoms. The van der Waals surface area contributed by atoms with Gasteiger partial charge in [0.05, 0.1) is 26.3 Å². The molecule has 1 aromatic heterocycles. The molecule has 3 aromatic carbocycles. The summed E-state index contributed by atoms with van der Waals surface area (Å²) in [5.74, 6) is -1.09. The van der Waals surface area contributed by atoms with Gasteiger partial charge in [-0.1, -0.05) is 23.5 Å². The van der Waals surface area contributed by atoms with Gasteiger partial charge in [-0.05, 0) is 60.2 Å². The maximum absolute atomic E-state index is 13.8. The standard InChI is InChI=1S/C27H22FN5O5S2/c1-3-15-31(16-4-2)40(37,38)23-12-7-20(8-13-23)26(34)32(27-30-24-14-9-21(28)17-25(24)39-27)29-18-19-5-10-22(11-6-19)33(35)36/h3-14,17-18H,1-2,15-16H2/b29-18+. The number of nitro groups is 1. The Balaban J connectivity index is 1.70. The van der Waals surface area contributed by atoms with Gasteiger partial charge in [0, 0.05) is 30.8 Å². The second-order valence-electron chi connectivity index (χ2n) is 8.24. The first-order chi connectivity index (χ1) is 19.1. The van der Waals surface area contributed by atoms with Gasteiger partial charge in [-0.25, -0.2) is 17.8 Å². The van der Waals surface area contributed by atoms with Crippen molar-refractivity contribution < 1.29 is 22.5 Å². The van der Waals surface area contributed by atoms with Crippen LogP contribution in [-0.2, 0) is 10.0 Å². The van der Waals surface area contributed by atoms with Crippen LogP contribution < -0.4 is 5.01 Å². The molecule has 4 aromatic rings. The van der Waals surface area contributed by atoms with Gasteiger partial charge in [-0.2, -0.15) is 14.4 Å². The number of sulfonamides is 1. The summed E-state index contributed by atoms with van der Waals surface area (Å²) in [5.41, 5.74) is 0.939. The van der Waals surface area contributed by atoms with Crippen LogP contribution in [0.3, 0.4) is 0 Å². The second kappa shape index (κ2) is 12.1. The number of fused-ring (bicyclic) bond motifs is 1. The van der Waals surface area contributed by atoms with E-state index >= 15 is 0 Å². The number of rotatable bonds is 11. The first kappa shape index (κ1) is 28.4. The quantitative estimate of drug-likeness (QED) is 0.102. The molecule has 0 spiro atoms. The first-order valence-corrected chi connectivity index (χ1v) is 13.9. The SMILES string of the molecule is C=CCN(CC=C)S(=O)(=O)c1ccc(C(=O)N(/N=C/c2ccc([N+](=O)[O-])cc2)c2nc3ccc(F)cc3s2)cc1. The summed E-state index contributed by atoms with van der Waals surface area (Å²) >= 11 is 1.04. The van der Waals surface area contributed by atoms with Crippen LogP contribution in [0.4, 0.5) is 15.2 Å². The fourth-order valence-electron chi connectivity index (χ4n) is 3.57. The van der Waals surface area contributed by atoms with Crippen molar-refractivity contribution in [3.8, 4) is 0 Å². The monoisotopic (exact) mass is 579 g/mol.